The largest absolute Gasteiger partial charge is 0.484 e. The number of aromatic amines is 1. The monoisotopic (exact) mass is 336 g/mol. The van der Waals surface area contributed by atoms with E-state index in [2.05, 4.69) is 16.0 Å². The maximum Gasteiger partial charge on any atom is 0.255 e. The molecule has 0 unspecified atom stereocenters. The van der Waals surface area contributed by atoms with E-state index in [1.54, 1.807) is 36.4 Å². The summed E-state index contributed by atoms with van der Waals surface area (Å²) < 4.78 is 18.4. The number of carbonyl (C=O) groups excluding carboxylic acids is 1. The van der Waals surface area contributed by atoms with E-state index in [9.17, 15) is 14.4 Å². The van der Waals surface area contributed by atoms with Gasteiger partial charge in [0.2, 0.25) is 0 Å². The standard InChI is InChI=1S/C18H13FN4O2/c19-13-3-6-15-16(8-13)23-18(22-15)12(9-20)7-11-1-4-14(5-2-11)25-10-17(21)24/h1-8H,10H2,(H2,21,24)(H,22,23)/b12-7-. The van der Waals surface area contributed by atoms with Crippen molar-refractivity contribution in [2.75, 3.05) is 6.61 Å². The van der Waals surface area contributed by atoms with E-state index in [4.69, 9.17) is 10.5 Å². The van der Waals surface area contributed by atoms with E-state index in [1.807, 2.05) is 0 Å². The van der Waals surface area contributed by atoms with E-state index in [-0.39, 0.29) is 12.4 Å². The van der Waals surface area contributed by atoms with Crippen molar-refractivity contribution in [1.82, 2.24) is 9.97 Å². The molecule has 0 fully saturated rings. The number of nitriles is 1. The lowest BCUT2D eigenvalue weighted by molar-refractivity contribution is -0.119. The van der Waals surface area contributed by atoms with Gasteiger partial charge in [-0.3, -0.25) is 4.79 Å². The number of carbonyl (C=O) groups is 1. The molecule has 0 bridgehead atoms. The molecule has 0 aliphatic heterocycles. The van der Waals surface area contributed by atoms with Gasteiger partial charge in [0.25, 0.3) is 5.91 Å². The summed E-state index contributed by atoms with van der Waals surface area (Å²) in [7, 11) is 0. The highest BCUT2D eigenvalue weighted by atomic mass is 19.1. The van der Waals surface area contributed by atoms with Crippen LogP contribution >= 0.6 is 0 Å². The summed E-state index contributed by atoms with van der Waals surface area (Å²) >= 11 is 0. The van der Waals surface area contributed by atoms with Crippen LogP contribution in [0.3, 0.4) is 0 Å². The van der Waals surface area contributed by atoms with Crippen molar-refractivity contribution in [3.63, 3.8) is 0 Å². The Bertz CT molecular complexity index is 1000. The molecular formula is C18H13FN4O2. The molecule has 1 amide bonds. The molecule has 3 N–H and O–H groups in total. The number of fused-ring (bicyclic) bond motifs is 1. The predicted molar refractivity (Wildman–Crippen MR) is 90.7 cm³/mol. The summed E-state index contributed by atoms with van der Waals surface area (Å²) in [5.74, 6) is -0.0837. The first-order valence-corrected chi connectivity index (χ1v) is 7.34. The van der Waals surface area contributed by atoms with Crippen molar-refractivity contribution in [1.29, 1.82) is 5.26 Å². The highest BCUT2D eigenvalue weighted by Gasteiger charge is 2.09. The third-order valence-electron chi connectivity index (χ3n) is 3.39. The van der Waals surface area contributed by atoms with Crippen LogP contribution < -0.4 is 10.5 Å². The normalized spacial score (nSPS) is 11.3. The Balaban J connectivity index is 1.86. The number of benzene rings is 2. The lowest BCUT2D eigenvalue weighted by atomic mass is 10.1. The number of nitrogens with zero attached hydrogens (tertiary/aromatic N) is 2. The van der Waals surface area contributed by atoms with Crippen LogP contribution in [0, 0.1) is 17.1 Å². The summed E-state index contributed by atoms with van der Waals surface area (Å²) in [4.78, 5) is 17.9. The van der Waals surface area contributed by atoms with Crippen LogP contribution in [0.2, 0.25) is 0 Å². The summed E-state index contributed by atoms with van der Waals surface area (Å²) in [6.45, 7) is -0.200. The summed E-state index contributed by atoms with van der Waals surface area (Å²) in [6.07, 6.45) is 1.64. The number of nitrogens with one attached hydrogen (secondary N) is 1. The lowest BCUT2D eigenvalue weighted by Gasteiger charge is -2.03. The number of rotatable bonds is 5. The molecule has 1 heterocycles. The molecule has 0 saturated carbocycles. The van der Waals surface area contributed by atoms with E-state index >= 15 is 0 Å². The SMILES string of the molecule is N#C/C(=C/c1ccc(OCC(N)=O)cc1)c1nc2ccc(F)cc2[nH]1. The van der Waals surface area contributed by atoms with Gasteiger partial charge in [0.1, 0.15) is 23.5 Å². The van der Waals surface area contributed by atoms with Crippen molar-refractivity contribution >= 4 is 28.6 Å². The zero-order chi connectivity index (χ0) is 17.8. The number of H-pyrrole nitrogens is 1. The van der Waals surface area contributed by atoms with Crippen molar-refractivity contribution < 1.29 is 13.9 Å². The third kappa shape index (κ3) is 3.82. The van der Waals surface area contributed by atoms with Crippen LogP contribution in [0.1, 0.15) is 11.4 Å². The van der Waals surface area contributed by atoms with E-state index in [0.717, 1.165) is 5.56 Å². The second-order valence-corrected chi connectivity index (χ2v) is 5.24. The highest BCUT2D eigenvalue weighted by molar-refractivity contribution is 5.90. The average Bonchev–Trinajstić information content (AvgIpc) is 3.01. The topological polar surface area (TPSA) is 105 Å². The van der Waals surface area contributed by atoms with Crippen molar-refractivity contribution in [2.24, 2.45) is 5.73 Å². The molecule has 0 aliphatic carbocycles. The van der Waals surface area contributed by atoms with Gasteiger partial charge in [-0.25, -0.2) is 9.37 Å². The van der Waals surface area contributed by atoms with Crippen molar-refractivity contribution in [3.8, 4) is 11.8 Å². The molecule has 3 rings (SSSR count). The van der Waals surface area contributed by atoms with Gasteiger partial charge >= 0.3 is 0 Å². The molecule has 25 heavy (non-hydrogen) atoms. The fourth-order valence-corrected chi connectivity index (χ4v) is 2.24. The van der Waals surface area contributed by atoms with Gasteiger partial charge in [-0.2, -0.15) is 5.26 Å². The van der Waals surface area contributed by atoms with Crippen LogP contribution in [0.4, 0.5) is 4.39 Å². The zero-order valence-corrected chi connectivity index (χ0v) is 13.0. The fourth-order valence-electron chi connectivity index (χ4n) is 2.24. The molecule has 2 aromatic carbocycles. The van der Waals surface area contributed by atoms with Gasteiger partial charge < -0.3 is 15.5 Å². The number of hydrogen-bond acceptors (Lipinski definition) is 4. The quantitative estimate of drug-likeness (QED) is 0.699. The molecule has 0 spiro atoms. The van der Waals surface area contributed by atoms with Gasteiger partial charge in [0, 0.05) is 0 Å². The minimum absolute atomic E-state index is 0.200. The van der Waals surface area contributed by atoms with E-state index in [0.29, 0.717) is 28.2 Å². The molecule has 3 aromatic rings. The van der Waals surface area contributed by atoms with Crippen molar-refractivity contribution in [2.45, 2.75) is 0 Å². The molecule has 0 radical (unpaired) electrons. The number of primary amides is 1. The molecule has 124 valence electrons. The predicted octanol–water partition coefficient (Wildman–Crippen LogP) is 2.63. The Morgan fingerprint density at radius 1 is 1.32 bits per heavy atom. The highest BCUT2D eigenvalue weighted by Crippen LogP contribution is 2.21. The Morgan fingerprint density at radius 2 is 2.08 bits per heavy atom. The van der Waals surface area contributed by atoms with Crippen LogP contribution in [-0.4, -0.2) is 22.5 Å². The van der Waals surface area contributed by atoms with Gasteiger partial charge in [-0.1, -0.05) is 12.1 Å². The first-order valence-electron chi connectivity index (χ1n) is 7.34. The molecule has 6 nitrogen and oxygen atoms in total. The average molecular weight is 336 g/mol. The summed E-state index contributed by atoms with van der Waals surface area (Å²) in [6, 6.07) is 13.1. The first kappa shape index (κ1) is 16.2. The number of amides is 1. The summed E-state index contributed by atoms with van der Waals surface area (Å²) in [5, 5.41) is 9.39. The van der Waals surface area contributed by atoms with Crippen molar-refractivity contribution in [3.05, 3.63) is 59.7 Å². The van der Waals surface area contributed by atoms with Gasteiger partial charge in [0.15, 0.2) is 6.61 Å². The number of allylic oxidation sites excluding steroid dienone is 1. The molecule has 0 saturated heterocycles. The number of aromatic nitrogens is 2. The van der Waals surface area contributed by atoms with Crippen LogP contribution in [0.5, 0.6) is 5.75 Å². The summed E-state index contributed by atoms with van der Waals surface area (Å²) in [5.41, 5.74) is 7.17. The Hall–Kier alpha value is -3.66. The first-order chi connectivity index (χ1) is 12.0. The smallest absolute Gasteiger partial charge is 0.255 e. The number of ether oxygens (including phenoxy) is 1. The zero-order valence-electron chi connectivity index (χ0n) is 13.0. The maximum absolute atomic E-state index is 13.3. The van der Waals surface area contributed by atoms with Crippen LogP contribution in [0.25, 0.3) is 22.7 Å². The van der Waals surface area contributed by atoms with Gasteiger partial charge in [-0.05, 0) is 42.0 Å². The Kier molecular flexibility index (Phi) is 4.44. The number of hydrogen-bond donors (Lipinski definition) is 2. The Morgan fingerprint density at radius 3 is 2.76 bits per heavy atom. The second kappa shape index (κ2) is 6.84. The van der Waals surface area contributed by atoms with Gasteiger partial charge in [0.05, 0.1) is 16.6 Å². The van der Waals surface area contributed by atoms with E-state index in [1.165, 1.54) is 12.1 Å². The van der Waals surface area contributed by atoms with Crippen LogP contribution in [0.15, 0.2) is 42.5 Å². The fraction of sp³-hybridized carbons (Fsp3) is 0.0556. The minimum atomic E-state index is -0.558. The van der Waals surface area contributed by atoms with Gasteiger partial charge in [-0.15, -0.1) is 0 Å². The molecule has 7 heteroatoms. The second-order valence-electron chi connectivity index (χ2n) is 5.24. The Labute approximate surface area is 142 Å². The molecule has 0 aliphatic rings. The van der Waals surface area contributed by atoms with E-state index < -0.39 is 5.91 Å². The molecule has 0 atom stereocenters. The number of nitrogens with two attached hydrogens (primary N) is 1. The third-order valence-corrected chi connectivity index (χ3v) is 3.39. The number of imidazole rings is 1. The minimum Gasteiger partial charge on any atom is -0.484 e. The maximum atomic E-state index is 13.3. The molecular weight excluding hydrogens is 323 g/mol. The molecule has 1 aromatic heterocycles. The van der Waals surface area contributed by atoms with Crippen LogP contribution in [-0.2, 0) is 4.79 Å². The number of halogens is 1. The lowest BCUT2D eigenvalue weighted by Crippen LogP contribution is -2.19.